The zero-order valence-corrected chi connectivity index (χ0v) is 16.5. The molecule has 1 unspecified atom stereocenters. The summed E-state index contributed by atoms with van der Waals surface area (Å²) in [5.74, 6) is 0.972. The fraction of sp³-hybridized carbons (Fsp3) is 0.682. The van der Waals surface area contributed by atoms with Crippen LogP contribution in [0.1, 0.15) is 61.8 Å². The van der Waals surface area contributed by atoms with Gasteiger partial charge in [0.15, 0.2) is 0 Å². The number of hydrogen-bond acceptors (Lipinski definition) is 3. The summed E-state index contributed by atoms with van der Waals surface area (Å²) in [5, 5.41) is 6.44. The molecule has 1 aromatic carbocycles. The molecule has 1 fully saturated rings. The Morgan fingerprint density at radius 3 is 2.65 bits per heavy atom. The number of carbonyl (C=O) groups excluding carboxylic acids is 1. The lowest BCUT2D eigenvalue weighted by molar-refractivity contribution is -0.123. The molecule has 0 saturated carbocycles. The largest absolute Gasteiger partial charge is 0.348 e. The first-order chi connectivity index (χ1) is 12.7. The van der Waals surface area contributed by atoms with Crippen molar-refractivity contribution in [2.45, 2.75) is 57.9 Å². The van der Waals surface area contributed by atoms with Crippen LogP contribution in [0.4, 0.5) is 0 Å². The minimum Gasteiger partial charge on any atom is -0.348 e. The highest BCUT2D eigenvalue weighted by molar-refractivity contribution is 5.78. The maximum absolute atomic E-state index is 12.5. The van der Waals surface area contributed by atoms with Crippen molar-refractivity contribution in [1.82, 2.24) is 15.5 Å². The van der Waals surface area contributed by atoms with Gasteiger partial charge in [0.1, 0.15) is 0 Å². The number of rotatable bonds is 7. The summed E-state index contributed by atoms with van der Waals surface area (Å²) < 4.78 is 0. The molecule has 3 rings (SSSR count). The molecule has 0 radical (unpaired) electrons. The van der Waals surface area contributed by atoms with E-state index in [9.17, 15) is 4.79 Å². The predicted octanol–water partition coefficient (Wildman–Crippen LogP) is 3.06. The molecule has 1 aliphatic heterocycles. The number of hydrogen-bond donors (Lipinski definition) is 2. The quantitative estimate of drug-likeness (QED) is 0.788. The molecule has 2 aliphatic rings. The van der Waals surface area contributed by atoms with Crippen LogP contribution in [0.25, 0.3) is 0 Å². The molecule has 1 aromatic rings. The summed E-state index contributed by atoms with van der Waals surface area (Å²) in [5.41, 5.74) is 4.22. The Balaban J connectivity index is 1.45. The molecule has 0 bridgehead atoms. The first-order valence-corrected chi connectivity index (χ1v) is 10.4. The molecule has 0 spiro atoms. The molecule has 1 aliphatic carbocycles. The number of carbonyl (C=O) groups is 1. The van der Waals surface area contributed by atoms with Crippen molar-refractivity contribution in [3.8, 4) is 0 Å². The average Bonchev–Trinajstić information content (AvgIpc) is 2.67. The van der Waals surface area contributed by atoms with Crippen LogP contribution in [0.5, 0.6) is 0 Å². The third-order valence-corrected chi connectivity index (χ3v) is 6.13. The highest BCUT2D eigenvalue weighted by Gasteiger charge is 2.21. The van der Waals surface area contributed by atoms with Gasteiger partial charge in [-0.3, -0.25) is 9.69 Å². The molecule has 4 heteroatoms. The normalized spacial score (nSPS) is 19.8. The molecule has 1 amide bonds. The van der Waals surface area contributed by atoms with Crippen molar-refractivity contribution in [3.05, 3.63) is 34.9 Å². The van der Waals surface area contributed by atoms with Crippen molar-refractivity contribution >= 4 is 5.91 Å². The lowest BCUT2D eigenvalue weighted by Crippen LogP contribution is -2.42. The van der Waals surface area contributed by atoms with Gasteiger partial charge >= 0.3 is 0 Å². The second kappa shape index (κ2) is 9.52. The molecular weight excluding hydrogens is 322 g/mol. The Bertz CT molecular complexity index is 593. The van der Waals surface area contributed by atoms with Gasteiger partial charge in [0, 0.05) is 0 Å². The number of piperidine rings is 1. The molecule has 0 aromatic heterocycles. The zero-order valence-electron chi connectivity index (χ0n) is 16.5. The molecule has 1 heterocycles. The number of nitrogens with one attached hydrogen (secondary N) is 2. The van der Waals surface area contributed by atoms with E-state index in [1.807, 2.05) is 7.05 Å². The first-order valence-electron chi connectivity index (χ1n) is 10.4. The van der Waals surface area contributed by atoms with Gasteiger partial charge in [-0.2, -0.15) is 0 Å². The molecule has 1 atom stereocenters. The summed E-state index contributed by atoms with van der Waals surface area (Å²) in [6, 6.07) is 6.86. The van der Waals surface area contributed by atoms with Gasteiger partial charge in [0.2, 0.25) is 5.91 Å². The molecular formula is C22H35N3O. The molecule has 26 heavy (non-hydrogen) atoms. The highest BCUT2D eigenvalue weighted by Crippen LogP contribution is 2.25. The predicted molar refractivity (Wildman–Crippen MR) is 107 cm³/mol. The summed E-state index contributed by atoms with van der Waals surface area (Å²) in [4.78, 5) is 14.8. The van der Waals surface area contributed by atoms with Gasteiger partial charge in [-0.1, -0.05) is 18.2 Å². The fourth-order valence-corrected chi connectivity index (χ4v) is 4.38. The van der Waals surface area contributed by atoms with Crippen molar-refractivity contribution in [2.75, 3.05) is 33.2 Å². The first kappa shape index (κ1) is 19.4. The van der Waals surface area contributed by atoms with Gasteiger partial charge < -0.3 is 10.6 Å². The number of amides is 1. The smallest absolute Gasteiger partial charge is 0.234 e. The molecule has 144 valence electrons. The van der Waals surface area contributed by atoms with Crippen molar-refractivity contribution in [1.29, 1.82) is 0 Å². The van der Waals surface area contributed by atoms with Crippen LogP contribution in [-0.4, -0.2) is 44.0 Å². The zero-order chi connectivity index (χ0) is 18.4. The Hall–Kier alpha value is -1.39. The van der Waals surface area contributed by atoms with Gasteiger partial charge in [-0.25, -0.2) is 0 Å². The van der Waals surface area contributed by atoms with Gasteiger partial charge in [0.05, 0.1) is 12.6 Å². The SMILES string of the molecule is CNCCC1CCN(CC(=O)NC(C)c2ccc3c(c2)CCCC3)CC1. The van der Waals surface area contributed by atoms with Gasteiger partial charge in [0.25, 0.3) is 0 Å². The number of fused-ring (bicyclic) bond motifs is 1. The maximum atomic E-state index is 12.5. The lowest BCUT2D eigenvalue weighted by atomic mass is 9.89. The van der Waals surface area contributed by atoms with Crippen LogP contribution in [0.2, 0.25) is 0 Å². The summed E-state index contributed by atoms with van der Waals surface area (Å²) in [6.45, 7) is 5.84. The van der Waals surface area contributed by atoms with E-state index in [1.54, 1.807) is 0 Å². The van der Waals surface area contributed by atoms with Crippen LogP contribution >= 0.6 is 0 Å². The Morgan fingerprint density at radius 1 is 1.19 bits per heavy atom. The van der Waals surface area contributed by atoms with Crippen LogP contribution < -0.4 is 10.6 Å². The third-order valence-electron chi connectivity index (χ3n) is 6.13. The monoisotopic (exact) mass is 357 g/mol. The Morgan fingerprint density at radius 2 is 1.92 bits per heavy atom. The van der Waals surface area contributed by atoms with E-state index in [4.69, 9.17) is 0 Å². The maximum Gasteiger partial charge on any atom is 0.234 e. The minimum atomic E-state index is 0.0860. The van der Waals surface area contributed by atoms with Crippen LogP contribution in [-0.2, 0) is 17.6 Å². The molecule has 4 nitrogen and oxygen atoms in total. The number of benzene rings is 1. The standard InChI is InChI=1S/C22H35N3O/c1-17(20-8-7-19-5-3-4-6-21(19)15-20)24-22(26)16-25-13-10-18(11-14-25)9-12-23-2/h7-8,15,17-18,23H,3-6,9-14,16H2,1-2H3,(H,24,26). The second-order valence-electron chi connectivity index (χ2n) is 8.14. The van der Waals surface area contributed by atoms with Gasteiger partial charge in [-0.05, 0) is 101 Å². The van der Waals surface area contributed by atoms with Crippen LogP contribution in [0.3, 0.4) is 0 Å². The summed E-state index contributed by atoms with van der Waals surface area (Å²) >= 11 is 0. The Kier molecular flexibility index (Phi) is 7.09. The minimum absolute atomic E-state index is 0.0860. The topological polar surface area (TPSA) is 44.4 Å². The van der Waals surface area contributed by atoms with E-state index in [-0.39, 0.29) is 11.9 Å². The molecule has 2 N–H and O–H groups in total. The number of aryl methyl sites for hydroxylation is 2. The fourth-order valence-electron chi connectivity index (χ4n) is 4.38. The van der Waals surface area contributed by atoms with E-state index in [2.05, 4.69) is 40.7 Å². The molecule has 1 saturated heterocycles. The van der Waals surface area contributed by atoms with E-state index < -0.39 is 0 Å². The summed E-state index contributed by atoms with van der Waals surface area (Å²) in [6.07, 6.45) is 8.69. The second-order valence-corrected chi connectivity index (χ2v) is 8.14. The highest BCUT2D eigenvalue weighted by atomic mass is 16.2. The number of nitrogens with zero attached hydrogens (tertiary/aromatic N) is 1. The van der Waals surface area contributed by atoms with E-state index in [0.29, 0.717) is 6.54 Å². The lowest BCUT2D eigenvalue weighted by Gasteiger charge is -2.31. The average molecular weight is 358 g/mol. The van der Waals surface area contributed by atoms with Gasteiger partial charge in [-0.15, -0.1) is 0 Å². The van der Waals surface area contributed by atoms with E-state index >= 15 is 0 Å². The van der Waals surface area contributed by atoms with E-state index in [1.165, 1.54) is 61.6 Å². The summed E-state index contributed by atoms with van der Waals surface area (Å²) in [7, 11) is 2.02. The number of likely N-dealkylation sites (tertiary alicyclic amines) is 1. The van der Waals surface area contributed by atoms with E-state index in [0.717, 1.165) is 25.6 Å². The van der Waals surface area contributed by atoms with Crippen LogP contribution in [0, 0.1) is 5.92 Å². The Labute approximate surface area is 158 Å². The van der Waals surface area contributed by atoms with Crippen LogP contribution in [0.15, 0.2) is 18.2 Å². The van der Waals surface area contributed by atoms with Crippen molar-refractivity contribution < 1.29 is 4.79 Å². The van der Waals surface area contributed by atoms with Crippen molar-refractivity contribution in [2.24, 2.45) is 5.92 Å². The van der Waals surface area contributed by atoms with Crippen molar-refractivity contribution in [3.63, 3.8) is 0 Å². The third kappa shape index (κ3) is 5.31.